The largest absolute Gasteiger partial charge is 0.347 e. The summed E-state index contributed by atoms with van der Waals surface area (Å²) < 4.78 is 2.37. The molecule has 0 saturated carbocycles. The molecule has 0 spiro atoms. The van der Waals surface area contributed by atoms with E-state index >= 15 is 0 Å². The summed E-state index contributed by atoms with van der Waals surface area (Å²) in [5.74, 6) is 0. The van der Waals surface area contributed by atoms with E-state index in [0.717, 1.165) is 13.1 Å². The molecule has 1 heterocycles. The minimum Gasteiger partial charge on any atom is -0.347 e. The Morgan fingerprint density at radius 1 is 1.16 bits per heavy atom. The summed E-state index contributed by atoms with van der Waals surface area (Å²) in [6.45, 7) is 10.9. The summed E-state index contributed by atoms with van der Waals surface area (Å²) in [4.78, 5) is 0. The number of nitrogens with zero attached hydrogens (tertiary/aromatic N) is 1. The van der Waals surface area contributed by atoms with Crippen LogP contribution in [0.4, 0.5) is 0 Å². The van der Waals surface area contributed by atoms with E-state index in [9.17, 15) is 0 Å². The summed E-state index contributed by atoms with van der Waals surface area (Å²) >= 11 is 0. The Morgan fingerprint density at radius 2 is 1.95 bits per heavy atom. The van der Waals surface area contributed by atoms with Gasteiger partial charge in [-0.05, 0) is 44.9 Å². The molecule has 104 valence electrons. The summed E-state index contributed by atoms with van der Waals surface area (Å²) in [6, 6.07) is 8.88. The van der Waals surface area contributed by atoms with Crippen LogP contribution in [-0.4, -0.2) is 10.1 Å². The second-order valence-electron chi connectivity index (χ2n) is 6.32. The van der Waals surface area contributed by atoms with E-state index in [-0.39, 0.29) is 5.54 Å². The van der Waals surface area contributed by atoms with E-state index in [1.165, 1.54) is 29.3 Å². The molecule has 0 saturated heterocycles. The van der Waals surface area contributed by atoms with Gasteiger partial charge in [0.2, 0.25) is 0 Å². The normalized spacial score (nSPS) is 12.2. The zero-order valence-electron chi connectivity index (χ0n) is 12.7. The first-order chi connectivity index (χ1) is 9.01. The fraction of sp³-hybridized carbons (Fsp3) is 0.529. The zero-order valence-corrected chi connectivity index (χ0v) is 12.7. The summed E-state index contributed by atoms with van der Waals surface area (Å²) in [5, 5.41) is 4.96. The van der Waals surface area contributed by atoms with Gasteiger partial charge in [0, 0.05) is 35.7 Å². The number of benzene rings is 1. The lowest BCUT2D eigenvalue weighted by Gasteiger charge is -2.21. The van der Waals surface area contributed by atoms with Crippen molar-refractivity contribution in [2.75, 3.05) is 0 Å². The van der Waals surface area contributed by atoms with Crippen LogP contribution in [0.5, 0.6) is 0 Å². The van der Waals surface area contributed by atoms with Gasteiger partial charge in [-0.25, -0.2) is 0 Å². The number of hydrogen-bond donors (Lipinski definition) is 1. The Kier molecular flexibility index (Phi) is 4.31. The van der Waals surface area contributed by atoms with Crippen molar-refractivity contribution in [1.29, 1.82) is 0 Å². The third-order valence-corrected chi connectivity index (χ3v) is 3.47. The predicted molar refractivity (Wildman–Crippen MR) is 83.4 cm³/mol. The molecule has 2 aromatic rings. The van der Waals surface area contributed by atoms with Crippen LogP contribution >= 0.6 is 0 Å². The average molecular weight is 258 g/mol. The lowest BCUT2D eigenvalue weighted by Crippen LogP contribution is -2.35. The molecule has 0 aliphatic heterocycles. The highest BCUT2D eigenvalue weighted by atomic mass is 15.0. The lowest BCUT2D eigenvalue weighted by atomic mass is 10.1. The van der Waals surface area contributed by atoms with Gasteiger partial charge < -0.3 is 9.88 Å². The first-order valence-electron chi connectivity index (χ1n) is 7.33. The molecule has 0 atom stereocenters. The van der Waals surface area contributed by atoms with Gasteiger partial charge in [-0.1, -0.05) is 25.5 Å². The van der Waals surface area contributed by atoms with Gasteiger partial charge in [0.1, 0.15) is 0 Å². The number of aromatic nitrogens is 1. The second kappa shape index (κ2) is 5.79. The molecule has 19 heavy (non-hydrogen) atoms. The number of aryl methyl sites for hydroxylation is 1. The van der Waals surface area contributed by atoms with Crippen LogP contribution in [0.1, 0.15) is 46.1 Å². The molecule has 1 aromatic heterocycles. The van der Waals surface area contributed by atoms with E-state index in [1.807, 2.05) is 0 Å². The fourth-order valence-corrected chi connectivity index (χ4v) is 2.33. The Bertz CT molecular complexity index is 532. The molecule has 0 bridgehead atoms. The zero-order chi connectivity index (χ0) is 13.9. The highest BCUT2D eigenvalue weighted by Crippen LogP contribution is 2.21. The van der Waals surface area contributed by atoms with Gasteiger partial charge in [-0.2, -0.15) is 0 Å². The van der Waals surface area contributed by atoms with Gasteiger partial charge in [0.05, 0.1) is 0 Å². The highest BCUT2D eigenvalue weighted by molar-refractivity contribution is 5.83. The molecule has 1 aromatic carbocycles. The molecule has 1 N–H and O–H groups in total. The molecule has 2 rings (SSSR count). The SMILES string of the molecule is CCCCn1ccc2c(CNC(C)(C)C)cccc21. The molecule has 2 heteroatoms. The van der Waals surface area contributed by atoms with E-state index in [4.69, 9.17) is 0 Å². The number of hydrogen-bond acceptors (Lipinski definition) is 1. The van der Waals surface area contributed by atoms with Gasteiger partial charge in [-0.15, -0.1) is 0 Å². The van der Waals surface area contributed by atoms with Crippen LogP contribution in [0.3, 0.4) is 0 Å². The number of fused-ring (bicyclic) bond motifs is 1. The van der Waals surface area contributed by atoms with E-state index in [2.05, 4.69) is 68.0 Å². The third-order valence-electron chi connectivity index (χ3n) is 3.47. The van der Waals surface area contributed by atoms with Crippen LogP contribution in [0.25, 0.3) is 10.9 Å². The van der Waals surface area contributed by atoms with Crippen LogP contribution in [0, 0.1) is 0 Å². The first-order valence-corrected chi connectivity index (χ1v) is 7.33. The van der Waals surface area contributed by atoms with Crippen LogP contribution in [-0.2, 0) is 13.1 Å². The van der Waals surface area contributed by atoms with Gasteiger partial charge in [0.25, 0.3) is 0 Å². The molecule has 2 nitrogen and oxygen atoms in total. The monoisotopic (exact) mass is 258 g/mol. The molecule has 0 aliphatic rings. The van der Waals surface area contributed by atoms with Crippen molar-refractivity contribution in [2.24, 2.45) is 0 Å². The number of unbranched alkanes of at least 4 members (excludes halogenated alkanes) is 1. The molecular formula is C17H26N2. The van der Waals surface area contributed by atoms with Crippen LogP contribution in [0.2, 0.25) is 0 Å². The maximum absolute atomic E-state index is 3.57. The molecule has 0 amide bonds. The fourth-order valence-electron chi connectivity index (χ4n) is 2.33. The Hall–Kier alpha value is -1.28. The smallest absolute Gasteiger partial charge is 0.0483 e. The van der Waals surface area contributed by atoms with Crippen molar-refractivity contribution < 1.29 is 0 Å². The predicted octanol–water partition coefficient (Wildman–Crippen LogP) is 4.33. The lowest BCUT2D eigenvalue weighted by molar-refractivity contribution is 0.425. The molecule has 0 radical (unpaired) electrons. The minimum absolute atomic E-state index is 0.160. The Balaban J connectivity index is 2.23. The van der Waals surface area contributed by atoms with Crippen molar-refractivity contribution >= 4 is 10.9 Å². The second-order valence-corrected chi connectivity index (χ2v) is 6.32. The van der Waals surface area contributed by atoms with Crippen molar-refractivity contribution in [3.8, 4) is 0 Å². The Morgan fingerprint density at radius 3 is 2.63 bits per heavy atom. The van der Waals surface area contributed by atoms with Crippen molar-refractivity contribution in [3.63, 3.8) is 0 Å². The molecular weight excluding hydrogens is 232 g/mol. The third kappa shape index (κ3) is 3.60. The number of nitrogens with one attached hydrogen (secondary N) is 1. The van der Waals surface area contributed by atoms with Crippen molar-refractivity contribution in [1.82, 2.24) is 9.88 Å². The molecule has 0 fully saturated rings. The minimum atomic E-state index is 0.160. The number of rotatable bonds is 5. The van der Waals surface area contributed by atoms with Crippen LogP contribution in [0.15, 0.2) is 30.5 Å². The van der Waals surface area contributed by atoms with Gasteiger partial charge >= 0.3 is 0 Å². The summed E-state index contributed by atoms with van der Waals surface area (Å²) in [6.07, 6.45) is 4.71. The van der Waals surface area contributed by atoms with E-state index < -0.39 is 0 Å². The van der Waals surface area contributed by atoms with Crippen LogP contribution < -0.4 is 5.32 Å². The quantitative estimate of drug-likeness (QED) is 0.844. The highest BCUT2D eigenvalue weighted by Gasteiger charge is 2.10. The van der Waals surface area contributed by atoms with Gasteiger partial charge in [0.15, 0.2) is 0 Å². The maximum Gasteiger partial charge on any atom is 0.0483 e. The maximum atomic E-state index is 3.57. The van der Waals surface area contributed by atoms with Gasteiger partial charge in [-0.3, -0.25) is 0 Å². The first kappa shape index (κ1) is 14.1. The molecule has 0 unspecified atom stereocenters. The summed E-state index contributed by atoms with van der Waals surface area (Å²) in [5.41, 5.74) is 2.91. The van der Waals surface area contributed by atoms with Crippen molar-refractivity contribution in [2.45, 2.75) is 59.2 Å². The standard InChI is InChI=1S/C17H26N2/c1-5-6-11-19-12-10-15-14(8-7-9-16(15)19)13-18-17(2,3)4/h7-10,12,18H,5-6,11,13H2,1-4H3. The Labute approximate surface area is 116 Å². The topological polar surface area (TPSA) is 17.0 Å². The van der Waals surface area contributed by atoms with E-state index in [0.29, 0.717) is 0 Å². The van der Waals surface area contributed by atoms with Crippen molar-refractivity contribution in [3.05, 3.63) is 36.0 Å². The molecule has 0 aliphatic carbocycles. The van der Waals surface area contributed by atoms with E-state index in [1.54, 1.807) is 0 Å². The summed E-state index contributed by atoms with van der Waals surface area (Å²) in [7, 11) is 0. The average Bonchev–Trinajstić information content (AvgIpc) is 2.76.